The van der Waals surface area contributed by atoms with E-state index in [2.05, 4.69) is 5.32 Å². The van der Waals surface area contributed by atoms with Crippen molar-refractivity contribution in [2.75, 3.05) is 12.4 Å². The molecule has 3 rings (SSSR count). The summed E-state index contributed by atoms with van der Waals surface area (Å²) in [4.78, 5) is 23.9. The predicted octanol–water partition coefficient (Wildman–Crippen LogP) is 2.89. The number of hydrogen-bond donors (Lipinski definition) is 3. The Labute approximate surface area is 158 Å². The lowest BCUT2D eigenvalue weighted by molar-refractivity contribution is -0.141. The summed E-state index contributed by atoms with van der Waals surface area (Å²) in [6.07, 6.45) is 3.12. The maximum Gasteiger partial charge on any atom is 0.305 e. The molecule has 6 nitrogen and oxygen atoms in total. The number of methoxy groups -OCH3 is 1. The number of esters is 1. The molecule has 0 bridgehead atoms. The van der Waals surface area contributed by atoms with E-state index in [1.807, 2.05) is 18.2 Å². The van der Waals surface area contributed by atoms with Crippen LogP contribution in [0.3, 0.4) is 0 Å². The average Bonchev–Trinajstić information content (AvgIpc) is 2.68. The van der Waals surface area contributed by atoms with Gasteiger partial charge in [-0.05, 0) is 60.6 Å². The number of carbonyl (C=O) groups is 2. The van der Waals surface area contributed by atoms with E-state index in [0.29, 0.717) is 23.5 Å². The summed E-state index contributed by atoms with van der Waals surface area (Å²) >= 11 is 0. The Morgan fingerprint density at radius 3 is 2.52 bits per heavy atom. The molecule has 0 aromatic heterocycles. The van der Waals surface area contributed by atoms with Crippen molar-refractivity contribution in [1.29, 1.82) is 5.41 Å². The summed E-state index contributed by atoms with van der Waals surface area (Å²) in [6.45, 7) is 0. The third-order valence-electron chi connectivity index (χ3n) is 4.94. The Balaban J connectivity index is 1.66. The molecule has 6 heteroatoms. The molecule has 0 aliphatic heterocycles. The molecule has 4 N–H and O–H groups in total. The molecular weight excluding hydrogens is 342 g/mol. The van der Waals surface area contributed by atoms with Gasteiger partial charge in [0.15, 0.2) is 0 Å². The van der Waals surface area contributed by atoms with Crippen LogP contribution in [-0.2, 0) is 22.4 Å². The second-order valence-electron chi connectivity index (χ2n) is 6.82. The Bertz CT molecular complexity index is 875. The number of nitrogens with two attached hydrogens (primary N) is 1. The molecule has 0 fully saturated rings. The van der Waals surface area contributed by atoms with E-state index in [1.165, 1.54) is 18.2 Å². The summed E-state index contributed by atoms with van der Waals surface area (Å²) in [5.74, 6) is -0.0834. The molecule has 1 unspecified atom stereocenters. The molecule has 0 spiro atoms. The van der Waals surface area contributed by atoms with E-state index in [9.17, 15) is 9.59 Å². The minimum atomic E-state index is -0.204. The third-order valence-corrected chi connectivity index (χ3v) is 4.94. The van der Waals surface area contributed by atoms with Gasteiger partial charge in [-0.3, -0.25) is 15.0 Å². The highest BCUT2D eigenvalue weighted by Crippen LogP contribution is 2.30. The molecule has 2 aromatic rings. The molecule has 2 aromatic carbocycles. The van der Waals surface area contributed by atoms with Gasteiger partial charge in [0.25, 0.3) is 5.91 Å². The van der Waals surface area contributed by atoms with E-state index < -0.39 is 0 Å². The molecule has 0 saturated heterocycles. The number of carbonyl (C=O) groups excluding carboxylic acids is 2. The van der Waals surface area contributed by atoms with Crippen molar-refractivity contribution in [2.45, 2.75) is 25.7 Å². The van der Waals surface area contributed by atoms with Gasteiger partial charge in [-0.25, -0.2) is 0 Å². The molecular formula is C21H23N3O3. The number of amidine groups is 1. The fourth-order valence-corrected chi connectivity index (χ4v) is 3.41. The number of fused-ring (bicyclic) bond motifs is 1. The zero-order chi connectivity index (χ0) is 19.4. The molecule has 0 heterocycles. The maximum absolute atomic E-state index is 12.4. The van der Waals surface area contributed by atoms with Crippen LogP contribution in [0.4, 0.5) is 5.69 Å². The lowest BCUT2D eigenvalue weighted by Crippen LogP contribution is -2.19. The van der Waals surface area contributed by atoms with Crippen LogP contribution >= 0.6 is 0 Å². The van der Waals surface area contributed by atoms with E-state index in [0.717, 1.165) is 24.9 Å². The van der Waals surface area contributed by atoms with Crippen molar-refractivity contribution in [1.82, 2.24) is 0 Å². The van der Waals surface area contributed by atoms with Crippen molar-refractivity contribution in [3.63, 3.8) is 0 Å². The zero-order valence-corrected chi connectivity index (χ0v) is 15.2. The van der Waals surface area contributed by atoms with Crippen LogP contribution in [0.5, 0.6) is 0 Å². The SMILES string of the molecule is COC(=O)CC1CCc2cc(NC(=O)c3ccc(C(=N)N)cc3)ccc2C1. The maximum atomic E-state index is 12.4. The highest BCUT2D eigenvalue weighted by atomic mass is 16.5. The quantitative estimate of drug-likeness (QED) is 0.430. The van der Waals surface area contributed by atoms with E-state index in [4.69, 9.17) is 15.9 Å². The van der Waals surface area contributed by atoms with Crippen LogP contribution in [0.1, 0.15) is 39.9 Å². The molecule has 1 atom stereocenters. The van der Waals surface area contributed by atoms with Gasteiger partial charge < -0.3 is 15.8 Å². The predicted molar refractivity (Wildman–Crippen MR) is 104 cm³/mol. The van der Waals surface area contributed by atoms with E-state index >= 15 is 0 Å². The lowest BCUT2D eigenvalue weighted by atomic mass is 9.82. The first-order valence-corrected chi connectivity index (χ1v) is 8.90. The van der Waals surface area contributed by atoms with Gasteiger partial charge in [0.05, 0.1) is 7.11 Å². The second-order valence-corrected chi connectivity index (χ2v) is 6.82. The fraction of sp³-hybridized carbons (Fsp3) is 0.286. The average molecular weight is 365 g/mol. The van der Waals surface area contributed by atoms with Crippen molar-refractivity contribution in [3.8, 4) is 0 Å². The van der Waals surface area contributed by atoms with Crippen molar-refractivity contribution in [3.05, 3.63) is 64.7 Å². The number of hydrogen-bond acceptors (Lipinski definition) is 4. The molecule has 0 radical (unpaired) electrons. The standard InChI is InChI=1S/C21H23N3O3/c1-27-19(25)11-13-2-3-17-12-18(9-8-16(17)10-13)24-21(26)15-6-4-14(5-7-15)20(22)23/h4-9,12-13H,2-3,10-11H2,1H3,(H3,22,23)(H,24,26). The number of aryl methyl sites for hydroxylation is 1. The first kappa shape index (κ1) is 18.6. The van der Waals surface area contributed by atoms with Gasteiger partial charge in [-0.15, -0.1) is 0 Å². The largest absolute Gasteiger partial charge is 0.469 e. The Morgan fingerprint density at radius 1 is 1.15 bits per heavy atom. The summed E-state index contributed by atoms with van der Waals surface area (Å²) in [5.41, 5.74) is 9.71. The summed E-state index contributed by atoms with van der Waals surface area (Å²) in [6, 6.07) is 12.5. The number of anilines is 1. The number of nitrogens with one attached hydrogen (secondary N) is 2. The van der Waals surface area contributed by atoms with Crippen LogP contribution in [0.2, 0.25) is 0 Å². The lowest BCUT2D eigenvalue weighted by Gasteiger charge is -2.24. The molecule has 1 aliphatic rings. The third kappa shape index (κ3) is 4.53. The monoisotopic (exact) mass is 365 g/mol. The van der Waals surface area contributed by atoms with E-state index in [-0.39, 0.29) is 17.7 Å². The zero-order valence-electron chi connectivity index (χ0n) is 15.2. The van der Waals surface area contributed by atoms with Crippen LogP contribution < -0.4 is 11.1 Å². The van der Waals surface area contributed by atoms with Gasteiger partial charge in [0, 0.05) is 23.2 Å². The normalized spacial score (nSPS) is 15.5. The number of amides is 1. The number of nitrogen functional groups attached to an aromatic ring is 1. The van der Waals surface area contributed by atoms with Crippen LogP contribution in [0, 0.1) is 11.3 Å². The van der Waals surface area contributed by atoms with Gasteiger partial charge in [-0.2, -0.15) is 0 Å². The second kappa shape index (κ2) is 8.03. The molecule has 140 valence electrons. The van der Waals surface area contributed by atoms with Gasteiger partial charge >= 0.3 is 5.97 Å². The van der Waals surface area contributed by atoms with Crippen LogP contribution in [-0.4, -0.2) is 24.8 Å². The Kier molecular flexibility index (Phi) is 5.54. The van der Waals surface area contributed by atoms with Crippen molar-refractivity contribution < 1.29 is 14.3 Å². The molecule has 0 saturated carbocycles. The molecule has 27 heavy (non-hydrogen) atoms. The number of benzene rings is 2. The Hall–Kier alpha value is -3.15. The first-order valence-electron chi connectivity index (χ1n) is 8.90. The summed E-state index contributed by atoms with van der Waals surface area (Å²) in [5, 5.41) is 10.3. The molecule has 1 amide bonds. The van der Waals surface area contributed by atoms with Gasteiger partial charge in [0.1, 0.15) is 5.84 Å². The first-order chi connectivity index (χ1) is 13.0. The van der Waals surface area contributed by atoms with Crippen LogP contribution in [0.25, 0.3) is 0 Å². The van der Waals surface area contributed by atoms with Crippen molar-refractivity contribution in [2.24, 2.45) is 11.7 Å². The summed E-state index contributed by atoms with van der Waals surface area (Å²) in [7, 11) is 1.42. The van der Waals surface area contributed by atoms with Crippen LogP contribution in [0.15, 0.2) is 42.5 Å². The summed E-state index contributed by atoms with van der Waals surface area (Å²) < 4.78 is 4.76. The number of ether oxygens (including phenoxy) is 1. The van der Waals surface area contributed by atoms with Crippen molar-refractivity contribution >= 4 is 23.4 Å². The Morgan fingerprint density at radius 2 is 1.85 bits per heavy atom. The van der Waals surface area contributed by atoms with Gasteiger partial charge in [0.2, 0.25) is 0 Å². The highest BCUT2D eigenvalue weighted by molar-refractivity contribution is 6.05. The minimum Gasteiger partial charge on any atom is -0.469 e. The number of rotatable bonds is 5. The fourth-order valence-electron chi connectivity index (χ4n) is 3.41. The topological polar surface area (TPSA) is 105 Å². The molecule has 1 aliphatic carbocycles. The minimum absolute atomic E-state index is 0.0258. The highest BCUT2D eigenvalue weighted by Gasteiger charge is 2.22. The smallest absolute Gasteiger partial charge is 0.305 e. The van der Waals surface area contributed by atoms with E-state index in [1.54, 1.807) is 24.3 Å². The van der Waals surface area contributed by atoms with Gasteiger partial charge in [-0.1, -0.05) is 18.2 Å².